The number of aromatic nitrogens is 1. The number of nitrogens with zero attached hydrogens (tertiary/aromatic N) is 2. The highest BCUT2D eigenvalue weighted by Gasteiger charge is 2.22. The van der Waals surface area contributed by atoms with E-state index in [2.05, 4.69) is 10.3 Å². The summed E-state index contributed by atoms with van der Waals surface area (Å²) in [4.78, 5) is 29.7. The van der Waals surface area contributed by atoms with Crippen LogP contribution in [0.1, 0.15) is 21.6 Å². The van der Waals surface area contributed by atoms with E-state index in [9.17, 15) is 9.59 Å². The quantitative estimate of drug-likeness (QED) is 0.571. The zero-order valence-corrected chi connectivity index (χ0v) is 13.7. The van der Waals surface area contributed by atoms with Gasteiger partial charge in [-0.15, -0.1) is 0 Å². The SMILES string of the molecule is Cc1ccc(NC(=O)N2CCOc3cc(C(=O)NO)cnc3C2)cc1. The highest BCUT2D eigenvalue weighted by Crippen LogP contribution is 2.23. The maximum Gasteiger partial charge on any atom is 0.322 e. The molecule has 0 saturated carbocycles. The Bertz CT molecular complexity index is 792. The summed E-state index contributed by atoms with van der Waals surface area (Å²) in [7, 11) is 0. The van der Waals surface area contributed by atoms with Gasteiger partial charge in [-0.25, -0.2) is 10.3 Å². The molecule has 8 heteroatoms. The number of nitrogens with one attached hydrogen (secondary N) is 2. The molecule has 2 aromatic rings. The van der Waals surface area contributed by atoms with E-state index < -0.39 is 5.91 Å². The van der Waals surface area contributed by atoms with Crippen molar-refractivity contribution in [3.8, 4) is 5.75 Å². The molecule has 0 bridgehead atoms. The number of ether oxygens (including phenoxy) is 1. The number of anilines is 1. The van der Waals surface area contributed by atoms with Crippen molar-refractivity contribution < 1.29 is 19.5 Å². The number of amides is 3. The molecule has 1 aliphatic heterocycles. The van der Waals surface area contributed by atoms with Crippen LogP contribution in [-0.4, -0.2) is 40.2 Å². The lowest BCUT2D eigenvalue weighted by Crippen LogP contribution is -2.36. The average Bonchev–Trinajstić information content (AvgIpc) is 2.84. The predicted molar refractivity (Wildman–Crippen MR) is 89.6 cm³/mol. The fraction of sp³-hybridized carbons (Fsp3) is 0.235. The van der Waals surface area contributed by atoms with Gasteiger partial charge in [0.1, 0.15) is 18.1 Å². The number of pyridine rings is 1. The number of hydrogen-bond acceptors (Lipinski definition) is 5. The minimum atomic E-state index is -0.669. The summed E-state index contributed by atoms with van der Waals surface area (Å²) in [5.41, 5.74) is 4.10. The van der Waals surface area contributed by atoms with E-state index in [1.807, 2.05) is 31.2 Å². The normalized spacial score (nSPS) is 13.3. The van der Waals surface area contributed by atoms with Gasteiger partial charge in [0.2, 0.25) is 0 Å². The lowest BCUT2D eigenvalue weighted by molar-refractivity contribution is 0.0705. The number of rotatable bonds is 2. The number of carbonyl (C=O) groups is 2. The van der Waals surface area contributed by atoms with Crippen molar-refractivity contribution in [2.45, 2.75) is 13.5 Å². The molecule has 3 rings (SSSR count). The van der Waals surface area contributed by atoms with Crippen LogP contribution < -0.4 is 15.5 Å². The van der Waals surface area contributed by atoms with Crippen LogP contribution in [0.2, 0.25) is 0 Å². The maximum absolute atomic E-state index is 12.5. The minimum Gasteiger partial charge on any atom is -0.490 e. The molecule has 1 aliphatic rings. The Balaban J connectivity index is 1.73. The summed E-state index contributed by atoms with van der Waals surface area (Å²) >= 11 is 0. The van der Waals surface area contributed by atoms with Crippen molar-refractivity contribution in [1.29, 1.82) is 0 Å². The summed E-state index contributed by atoms with van der Waals surface area (Å²) < 4.78 is 5.58. The number of aryl methyl sites for hydroxylation is 1. The molecule has 3 N–H and O–H groups in total. The van der Waals surface area contributed by atoms with Crippen LogP contribution in [0.15, 0.2) is 36.5 Å². The fourth-order valence-corrected chi connectivity index (χ4v) is 2.44. The van der Waals surface area contributed by atoms with Crippen LogP contribution in [-0.2, 0) is 6.54 Å². The molecule has 3 amide bonds. The number of hydrogen-bond donors (Lipinski definition) is 3. The van der Waals surface area contributed by atoms with E-state index >= 15 is 0 Å². The fourth-order valence-electron chi connectivity index (χ4n) is 2.44. The largest absolute Gasteiger partial charge is 0.490 e. The third-order valence-electron chi connectivity index (χ3n) is 3.84. The predicted octanol–water partition coefficient (Wildman–Crippen LogP) is 1.94. The Morgan fingerprint density at radius 1 is 1.28 bits per heavy atom. The van der Waals surface area contributed by atoms with Gasteiger partial charge in [-0.2, -0.15) is 0 Å². The summed E-state index contributed by atoms with van der Waals surface area (Å²) in [5.74, 6) is -0.246. The number of urea groups is 1. The Kier molecular flexibility index (Phi) is 4.80. The van der Waals surface area contributed by atoms with Crippen LogP contribution in [0.3, 0.4) is 0 Å². The monoisotopic (exact) mass is 342 g/mol. The second kappa shape index (κ2) is 7.18. The van der Waals surface area contributed by atoms with E-state index in [4.69, 9.17) is 9.94 Å². The molecule has 2 heterocycles. The van der Waals surface area contributed by atoms with Crippen molar-refractivity contribution >= 4 is 17.6 Å². The van der Waals surface area contributed by atoms with E-state index in [0.717, 1.165) is 5.56 Å². The second-order valence-corrected chi connectivity index (χ2v) is 5.68. The van der Waals surface area contributed by atoms with Crippen LogP contribution in [0, 0.1) is 6.92 Å². The topological polar surface area (TPSA) is 104 Å². The number of hydroxylamine groups is 1. The number of fused-ring (bicyclic) bond motifs is 1. The molecule has 130 valence electrons. The second-order valence-electron chi connectivity index (χ2n) is 5.68. The Morgan fingerprint density at radius 2 is 2.04 bits per heavy atom. The van der Waals surface area contributed by atoms with E-state index in [0.29, 0.717) is 23.7 Å². The van der Waals surface area contributed by atoms with E-state index in [1.54, 1.807) is 10.4 Å². The van der Waals surface area contributed by atoms with Crippen LogP contribution >= 0.6 is 0 Å². The molecule has 0 unspecified atom stereocenters. The summed E-state index contributed by atoms with van der Waals surface area (Å²) in [6.07, 6.45) is 1.33. The number of carbonyl (C=O) groups excluding carboxylic acids is 2. The van der Waals surface area contributed by atoms with Gasteiger partial charge in [0.25, 0.3) is 5.91 Å². The molecule has 0 spiro atoms. The van der Waals surface area contributed by atoms with Crippen LogP contribution in [0.4, 0.5) is 10.5 Å². The molecular weight excluding hydrogens is 324 g/mol. The van der Waals surface area contributed by atoms with E-state index in [1.165, 1.54) is 12.3 Å². The minimum absolute atomic E-state index is 0.179. The first-order valence-corrected chi connectivity index (χ1v) is 7.75. The van der Waals surface area contributed by atoms with Gasteiger partial charge < -0.3 is 15.0 Å². The number of benzene rings is 1. The van der Waals surface area contributed by atoms with Crippen molar-refractivity contribution in [3.63, 3.8) is 0 Å². The third kappa shape index (κ3) is 3.86. The van der Waals surface area contributed by atoms with Gasteiger partial charge in [-0.1, -0.05) is 17.7 Å². The first kappa shape index (κ1) is 16.7. The Labute approximate surface area is 144 Å². The summed E-state index contributed by atoms with van der Waals surface area (Å²) in [6.45, 7) is 2.90. The molecule has 0 atom stereocenters. The molecule has 0 fully saturated rings. The molecule has 0 radical (unpaired) electrons. The Morgan fingerprint density at radius 3 is 2.76 bits per heavy atom. The van der Waals surface area contributed by atoms with Crippen LogP contribution in [0.25, 0.3) is 0 Å². The highest BCUT2D eigenvalue weighted by atomic mass is 16.5. The van der Waals surface area contributed by atoms with Gasteiger partial charge in [-0.3, -0.25) is 15.0 Å². The van der Waals surface area contributed by atoms with Gasteiger partial charge in [0, 0.05) is 11.9 Å². The lowest BCUT2D eigenvalue weighted by Gasteiger charge is -2.20. The zero-order chi connectivity index (χ0) is 17.8. The summed E-state index contributed by atoms with van der Waals surface area (Å²) in [5, 5.41) is 11.5. The van der Waals surface area contributed by atoms with Gasteiger partial charge in [0.15, 0.2) is 0 Å². The standard InChI is InChI=1S/C17H18N4O4/c1-11-2-4-13(5-3-11)19-17(23)21-6-7-25-15-8-12(16(22)20-24)9-18-14(15)10-21/h2-5,8-9,24H,6-7,10H2,1H3,(H,19,23)(H,20,22). The lowest BCUT2D eigenvalue weighted by atomic mass is 10.2. The van der Waals surface area contributed by atoms with Crippen molar-refractivity contribution in [2.24, 2.45) is 0 Å². The van der Waals surface area contributed by atoms with Crippen LogP contribution in [0.5, 0.6) is 5.75 Å². The first-order chi connectivity index (χ1) is 12.1. The highest BCUT2D eigenvalue weighted by molar-refractivity contribution is 5.93. The van der Waals surface area contributed by atoms with Gasteiger partial charge in [-0.05, 0) is 25.1 Å². The molecule has 25 heavy (non-hydrogen) atoms. The molecule has 1 aromatic heterocycles. The zero-order valence-electron chi connectivity index (χ0n) is 13.7. The van der Waals surface area contributed by atoms with E-state index in [-0.39, 0.29) is 24.7 Å². The molecule has 1 aromatic carbocycles. The Hall–Kier alpha value is -3.13. The van der Waals surface area contributed by atoms with Crippen molar-refractivity contribution in [2.75, 3.05) is 18.5 Å². The average molecular weight is 342 g/mol. The smallest absolute Gasteiger partial charge is 0.322 e. The van der Waals surface area contributed by atoms with Gasteiger partial charge in [0.05, 0.1) is 18.7 Å². The molecule has 0 aliphatic carbocycles. The molecule has 8 nitrogen and oxygen atoms in total. The molecular formula is C17H18N4O4. The van der Waals surface area contributed by atoms with Gasteiger partial charge >= 0.3 is 6.03 Å². The van der Waals surface area contributed by atoms with Crippen molar-refractivity contribution in [1.82, 2.24) is 15.4 Å². The van der Waals surface area contributed by atoms with Crippen molar-refractivity contribution in [3.05, 3.63) is 53.3 Å². The molecule has 0 saturated heterocycles. The maximum atomic E-state index is 12.5. The first-order valence-electron chi connectivity index (χ1n) is 7.75. The third-order valence-corrected chi connectivity index (χ3v) is 3.84. The summed E-state index contributed by atoms with van der Waals surface area (Å²) in [6, 6.07) is 8.77.